The number of imidazole rings is 1. The van der Waals surface area contributed by atoms with E-state index in [1.54, 1.807) is 4.31 Å². The van der Waals surface area contributed by atoms with Crippen LogP contribution in [0.15, 0.2) is 17.6 Å². The molecule has 1 aliphatic heterocycles. The van der Waals surface area contributed by atoms with E-state index in [9.17, 15) is 8.42 Å². The average Bonchev–Trinajstić information content (AvgIpc) is 2.95. The predicted octanol–water partition coefficient (Wildman–Crippen LogP) is 0.905. The molecule has 1 aromatic heterocycles. The van der Waals surface area contributed by atoms with E-state index in [0.29, 0.717) is 19.1 Å². The van der Waals surface area contributed by atoms with E-state index in [1.165, 1.54) is 12.5 Å². The Kier molecular flexibility index (Phi) is 4.59. The van der Waals surface area contributed by atoms with Gasteiger partial charge in [-0.25, -0.2) is 13.4 Å². The number of rotatable bonds is 5. The number of piperidine rings is 1. The Labute approximate surface area is 114 Å². The summed E-state index contributed by atoms with van der Waals surface area (Å²) in [7, 11) is -3.38. The third-order valence-electron chi connectivity index (χ3n) is 3.84. The lowest BCUT2D eigenvalue weighted by molar-refractivity contribution is 0.152. The lowest BCUT2D eigenvalue weighted by atomic mass is 10.1. The zero-order valence-corrected chi connectivity index (χ0v) is 12.4. The molecule has 0 aliphatic carbocycles. The molecule has 2 rings (SSSR count). The standard InChI is InChI=1S/C12H22N4O2S/c1-3-15(4-2)11-5-7-16(8-6-11)19(17,18)12-9-13-10-14-12/h9-11H,3-8H2,1-2H3,(H,13,14). The first-order valence-electron chi connectivity index (χ1n) is 6.82. The predicted molar refractivity (Wildman–Crippen MR) is 73.3 cm³/mol. The third kappa shape index (κ3) is 2.98. The van der Waals surface area contributed by atoms with Crippen LogP contribution in [0.5, 0.6) is 0 Å². The van der Waals surface area contributed by atoms with Crippen LogP contribution in [0.1, 0.15) is 26.7 Å². The van der Waals surface area contributed by atoms with Gasteiger partial charge in [0.25, 0.3) is 10.0 Å². The van der Waals surface area contributed by atoms with Crippen molar-refractivity contribution in [2.45, 2.75) is 37.8 Å². The van der Waals surface area contributed by atoms with Crippen LogP contribution in [0.4, 0.5) is 0 Å². The molecule has 0 atom stereocenters. The summed E-state index contributed by atoms with van der Waals surface area (Å²) in [5.74, 6) is 0. The van der Waals surface area contributed by atoms with E-state index in [0.717, 1.165) is 25.9 Å². The van der Waals surface area contributed by atoms with Gasteiger partial charge in [-0.15, -0.1) is 0 Å². The van der Waals surface area contributed by atoms with Crippen LogP contribution in [-0.4, -0.2) is 59.8 Å². The third-order valence-corrected chi connectivity index (χ3v) is 5.67. The molecule has 108 valence electrons. The van der Waals surface area contributed by atoms with Crippen molar-refractivity contribution >= 4 is 10.0 Å². The average molecular weight is 286 g/mol. The zero-order chi connectivity index (χ0) is 13.9. The minimum atomic E-state index is -3.38. The van der Waals surface area contributed by atoms with Gasteiger partial charge in [0.2, 0.25) is 0 Å². The van der Waals surface area contributed by atoms with Crippen LogP contribution in [0.2, 0.25) is 0 Å². The highest BCUT2D eigenvalue weighted by Crippen LogP contribution is 2.21. The van der Waals surface area contributed by atoms with Crippen molar-refractivity contribution in [3.8, 4) is 0 Å². The quantitative estimate of drug-likeness (QED) is 0.873. The Bertz CT molecular complexity index is 474. The molecule has 0 aromatic carbocycles. The van der Waals surface area contributed by atoms with Crippen molar-refractivity contribution in [3.63, 3.8) is 0 Å². The minimum Gasteiger partial charge on any atom is -0.335 e. The molecule has 0 spiro atoms. The maximum atomic E-state index is 12.3. The van der Waals surface area contributed by atoms with Crippen LogP contribution in [0, 0.1) is 0 Å². The van der Waals surface area contributed by atoms with E-state index in [4.69, 9.17) is 0 Å². The summed E-state index contributed by atoms with van der Waals surface area (Å²) in [6.45, 7) is 7.52. The van der Waals surface area contributed by atoms with Crippen molar-refractivity contribution in [2.75, 3.05) is 26.2 Å². The first-order valence-corrected chi connectivity index (χ1v) is 8.26. The lowest BCUT2D eigenvalue weighted by Crippen LogP contribution is -2.46. The number of nitrogens with zero attached hydrogens (tertiary/aromatic N) is 3. The Morgan fingerprint density at radius 2 is 2.00 bits per heavy atom. The molecule has 19 heavy (non-hydrogen) atoms. The molecule has 2 heterocycles. The van der Waals surface area contributed by atoms with Crippen molar-refractivity contribution in [2.24, 2.45) is 0 Å². The number of aromatic amines is 1. The van der Waals surface area contributed by atoms with Gasteiger partial charge in [0.1, 0.15) is 0 Å². The Morgan fingerprint density at radius 3 is 2.47 bits per heavy atom. The summed E-state index contributed by atoms with van der Waals surface area (Å²) in [5.41, 5.74) is 0. The van der Waals surface area contributed by atoms with Crippen molar-refractivity contribution in [1.82, 2.24) is 19.2 Å². The summed E-state index contributed by atoms with van der Waals surface area (Å²) in [4.78, 5) is 8.87. The molecule has 1 aliphatic rings. The molecular weight excluding hydrogens is 264 g/mol. The molecule has 1 saturated heterocycles. The van der Waals surface area contributed by atoms with E-state index in [1.807, 2.05) is 0 Å². The number of aromatic nitrogens is 2. The Balaban J connectivity index is 2.01. The van der Waals surface area contributed by atoms with Gasteiger partial charge in [0, 0.05) is 19.1 Å². The van der Waals surface area contributed by atoms with Crippen LogP contribution < -0.4 is 0 Å². The van der Waals surface area contributed by atoms with Crippen molar-refractivity contribution in [1.29, 1.82) is 0 Å². The van der Waals surface area contributed by atoms with Gasteiger partial charge in [0.05, 0.1) is 12.5 Å². The second-order valence-electron chi connectivity index (χ2n) is 4.77. The van der Waals surface area contributed by atoms with E-state index >= 15 is 0 Å². The van der Waals surface area contributed by atoms with Gasteiger partial charge in [-0.05, 0) is 25.9 Å². The minimum absolute atomic E-state index is 0.189. The molecule has 7 heteroatoms. The summed E-state index contributed by atoms with van der Waals surface area (Å²) in [5, 5.41) is 0.189. The van der Waals surface area contributed by atoms with Gasteiger partial charge >= 0.3 is 0 Å². The molecular formula is C12H22N4O2S. The first kappa shape index (κ1) is 14.5. The van der Waals surface area contributed by atoms with E-state index in [-0.39, 0.29) is 5.03 Å². The van der Waals surface area contributed by atoms with E-state index < -0.39 is 10.0 Å². The molecule has 1 aromatic rings. The second-order valence-corrected chi connectivity index (χ2v) is 6.68. The molecule has 1 fully saturated rings. The van der Waals surface area contributed by atoms with Crippen LogP contribution in [-0.2, 0) is 10.0 Å². The summed E-state index contributed by atoms with van der Waals surface area (Å²) < 4.78 is 26.2. The van der Waals surface area contributed by atoms with Gasteiger partial charge in [0.15, 0.2) is 5.03 Å². The fourth-order valence-corrected chi connectivity index (χ4v) is 4.08. The van der Waals surface area contributed by atoms with Crippen molar-refractivity contribution < 1.29 is 8.42 Å². The second kappa shape index (κ2) is 6.02. The highest BCUT2D eigenvalue weighted by atomic mass is 32.2. The first-order chi connectivity index (χ1) is 9.09. The maximum absolute atomic E-state index is 12.3. The molecule has 0 unspecified atom stereocenters. The van der Waals surface area contributed by atoms with Gasteiger partial charge in [-0.1, -0.05) is 13.8 Å². The van der Waals surface area contributed by atoms with Gasteiger partial charge in [-0.3, -0.25) is 0 Å². The number of hydrogen-bond acceptors (Lipinski definition) is 4. The van der Waals surface area contributed by atoms with Crippen LogP contribution >= 0.6 is 0 Å². The SMILES string of the molecule is CCN(CC)C1CCN(S(=O)(=O)c2cnc[nH]2)CC1. The molecule has 0 amide bonds. The topological polar surface area (TPSA) is 69.3 Å². The zero-order valence-electron chi connectivity index (χ0n) is 11.5. The largest absolute Gasteiger partial charge is 0.335 e. The Hall–Kier alpha value is -0.920. The van der Waals surface area contributed by atoms with E-state index in [2.05, 4.69) is 28.7 Å². The van der Waals surface area contributed by atoms with Crippen molar-refractivity contribution in [3.05, 3.63) is 12.5 Å². The smallest absolute Gasteiger partial charge is 0.260 e. The highest BCUT2D eigenvalue weighted by Gasteiger charge is 2.31. The maximum Gasteiger partial charge on any atom is 0.260 e. The fraction of sp³-hybridized carbons (Fsp3) is 0.750. The van der Waals surface area contributed by atoms with Crippen LogP contribution in [0.25, 0.3) is 0 Å². The lowest BCUT2D eigenvalue weighted by Gasteiger charge is -2.36. The number of sulfonamides is 1. The fourth-order valence-electron chi connectivity index (χ4n) is 2.71. The van der Waals surface area contributed by atoms with Gasteiger partial charge in [-0.2, -0.15) is 4.31 Å². The molecule has 1 N–H and O–H groups in total. The molecule has 0 saturated carbocycles. The van der Waals surface area contributed by atoms with Crippen LogP contribution in [0.3, 0.4) is 0 Å². The Morgan fingerprint density at radius 1 is 1.37 bits per heavy atom. The number of nitrogens with one attached hydrogen (secondary N) is 1. The summed E-state index contributed by atoms with van der Waals surface area (Å²) >= 11 is 0. The monoisotopic (exact) mass is 286 g/mol. The summed E-state index contributed by atoms with van der Waals surface area (Å²) in [6.07, 6.45) is 4.56. The summed E-state index contributed by atoms with van der Waals surface area (Å²) in [6, 6.07) is 0.503. The molecule has 0 bridgehead atoms. The number of hydrogen-bond donors (Lipinski definition) is 1. The molecule has 6 nitrogen and oxygen atoms in total. The number of H-pyrrole nitrogens is 1. The van der Waals surface area contributed by atoms with Gasteiger partial charge < -0.3 is 9.88 Å². The normalized spacial score (nSPS) is 19.1. The highest BCUT2D eigenvalue weighted by molar-refractivity contribution is 7.89. The molecule has 0 radical (unpaired) electrons.